The molecule has 1 nitrogen and oxygen atoms in total. The van der Waals surface area contributed by atoms with Gasteiger partial charge in [-0.3, -0.25) is 0 Å². The van der Waals surface area contributed by atoms with E-state index >= 15 is 0 Å². The Labute approximate surface area is 99.1 Å². The van der Waals surface area contributed by atoms with Crippen LogP contribution in [0.2, 0.25) is 0 Å². The fraction of sp³-hybridized carbons (Fsp3) is 0.727. The molecular formula is C11H18BrNS. The Morgan fingerprint density at radius 2 is 2.14 bits per heavy atom. The minimum Gasteiger partial charge on any atom is -0.246 e. The van der Waals surface area contributed by atoms with Crippen molar-refractivity contribution in [2.75, 3.05) is 5.33 Å². The Bertz CT molecular complexity index is 263. The zero-order valence-corrected chi connectivity index (χ0v) is 11.5. The summed E-state index contributed by atoms with van der Waals surface area (Å²) in [6.45, 7) is 6.49. The van der Waals surface area contributed by atoms with Crippen LogP contribution >= 0.6 is 27.3 Å². The molecule has 0 saturated heterocycles. The number of hydrogen-bond acceptors (Lipinski definition) is 2. The molecule has 0 saturated carbocycles. The van der Waals surface area contributed by atoms with Crippen LogP contribution in [0.15, 0.2) is 0 Å². The van der Waals surface area contributed by atoms with Crippen molar-refractivity contribution in [3.63, 3.8) is 0 Å². The Balaban J connectivity index is 2.57. The highest BCUT2D eigenvalue weighted by atomic mass is 79.9. The van der Waals surface area contributed by atoms with E-state index in [1.807, 2.05) is 11.3 Å². The Morgan fingerprint density at radius 3 is 2.57 bits per heavy atom. The van der Waals surface area contributed by atoms with Crippen molar-refractivity contribution in [2.24, 2.45) is 5.92 Å². The quantitative estimate of drug-likeness (QED) is 0.737. The molecule has 1 aromatic rings. The van der Waals surface area contributed by atoms with Gasteiger partial charge in [-0.15, -0.1) is 11.3 Å². The molecule has 1 aromatic heterocycles. The Kier molecular flexibility index (Phi) is 5.10. The van der Waals surface area contributed by atoms with Gasteiger partial charge in [-0.2, -0.15) is 0 Å². The number of nitrogens with zero attached hydrogens (tertiary/aromatic N) is 1. The van der Waals surface area contributed by atoms with Gasteiger partial charge < -0.3 is 0 Å². The highest BCUT2D eigenvalue weighted by Gasteiger charge is 2.11. The van der Waals surface area contributed by atoms with E-state index in [1.165, 1.54) is 28.4 Å². The van der Waals surface area contributed by atoms with Crippen LogP contribution in [-0.4, -0.2) is 10.3 Å². The Morgan fingerprint density at radius 1 is 1.43 bits per heavy atom. The molecule has 0 aliphatic carbocycles. The molecule has 0 radical (unpaired) electrons. The molecule has 1 rings (SSSR count). The van der Waals surface area contributed by atoms with Crippen LogP contribution in [0.3, 0.4) is 0 Å². The standard InChI is InChI=1S/C11H18BrNS/c1-4-5-10(7-12)6-11-13-8(2)9(3)14-11/h10H,4-7H2,1-3H3. The molecule has 0 aliphatic rings. The first-order valence-electron chi connectivity index (χ1n) is 5.16. The smallest absolute Gasteiger partial charge is 0.0933 e. The van der Waals surface area contributed by atoms with Crippen LogP contribution in [0.1, 0.15) is 35.3 Å². The van der Waals surface area contributed by atoms with E-state index in [9.17, 15) is 0 Å². The molecule has 14 heavy (non-hydrogen) atoms. The maximum absolute atomic E-state index is 4.58. The summed E-state index contributed by atoms with van der Waals surface area (Å²) in [6.07, 6.45) is 3.70. The maximum atomic E-state index is 4.58. The van der Waals surface area contributed by atoms with Crippen LogP contribution in [-0.2, 0) is 6.42 Å². The summed E-state index contributed by atoms with van der Waals surface area (Å²) in [6, 6.07) is 0. The number of alkyl halides is 1. The number of hydrogen-bond donors (Lipinski definition) is 0. The molecule has 3 heteroatoms. The summed E-state index contributed by atoms with van der Waals surface area (Å²) in [5.41, 5.74) is 1.20. The summed E-state index contributed by atoms with van der Waals surface area (Å²) >= 11 is 5.43. The van der Waals surface area contributed by atoms with Crippen LogP contribution in [0.25, 0.3) is 0 Å². The van der Waals surface area contributed by atoms with E-state index in [-0.39, 0.29) is 0 Å². The molecule has 1 heterocycles. The molecule has 1 unspecified atom stereocenters. The lowest BCUT2D eigenvalue weighted by Gasteiger charge is -2.09. The SMILES string of the molecule is CCCC(CBr)Cc1nc(C)c(C)s1. The van der Waals surface area contributed by atoms with Crippen LogP contribution in [0, 0.1) is 19.8 Å². The third kappa shape index (κ3) is 3.35. The fourth-order valence-corrected chi connectivity index (χ4v) is 3.12. The average molecular weight is 276 g/mol. The van der Waals surface area contributed by atoms with E-state index in [4.69, 9.17) is 0 Å². The van der Waals surface area contributed by atoms with Gasteiger partial charge in [0.15, 0.2) is 0 Å². The fourth-order valence-electron chi connectivity index (χ4n) is 1.52. The first kappa shape index (κ1) is 12.2. The van der Waals surface area contributed by atoms with Gasteiger partial charge in [0.05, 0.1) is 10.7 Å². The first-order valence-corrected chi connectivity index (χ1v) is 7.10. The minimum atomic E-state index is 0.755. The molecule has 1 atom stereocenters. The third-order valence-electron chi connectivity index (χ3n) is 2.45. The first-order chi connectivity index (χ1) is 6.67. The molecular weight excluding hydrogens is 258 g/mol. The zero-order valence-electron chi connectivity index (χ0n) is 9.14. The predicted octanol–water partition coefficient (Wildman–Crippen LogP) is 4.11. The number of halogens is 1. The summed E-state index contributed by atoms with van der Waals surface area (Å²) < 4.78 is 0. The average Bonchev–Trinajstić information content (AvgIpc) is 2.45. The van der Waals surface area contributed by atoms with Gasteiger partial charge in [0.1, 0.15) is 0 Å². The Hall–Kier alpha value is 0.110. The van der Waals surface area contributed by atoms with Crippen molar-refractivity contribution in [1.82, 2.24) is 4.98 Å². The van der Waals surface area contributed by atoms with Gasteiger partial charge in [0.25, 0.3) is 0 Å². The lowest BCUT2D eigenvalue weighted by atomic mass is 10.0. The molecule has 0 fully saturated rings. The monoisotopic (exact) mass is 275 g/mol. The molecule has 0 bridgehead atoms. The summed E-state index contributed by atoms with van der Waals surface area (Å²) in [5, 5.41) is 2.40. The van der Waals surface area contributed by atoms with Gasteiger partial charge in [0, 0.05) is 16.6 Å². The lowest BCUT2D eigenvalue weighted by molar-refractivity contribution is 0.533. The lowest BCUT2D eigenvalue weighted by Crippen LogP contribution is -2.05. The predicted molar refractivity (Wildman–Crippen MR) is 67.5 cm³/mol. The van der Waals surface area contributed by atoms with Gasteiger partial charge in [-0.1, -0.05) is 29.3 Å². The number of rotatable bonds is 5. The van der Waals surface area contributed by atoms with E-state index in [2.05, 4.69) is 41.7 Å². The molecule has 0 N–H and O–H groups in total. The van der Waals surface area contributed by atoms with E-state index in [1.54, 1.807) is 0 Å². The van der Waals surface area contributed by atoms with Gasteiger partial charge in [-0.25, -0.2) is 4.98 Å². The molecule has 0 aromatic carbocycles. The largest absolute Gasteiger partial charge is 0.246 e. The highest BCUT2D eigenvalue weighted by molar-refractivity contribution is 9.09. The second-order valence-electron chi connectivity index (χ2n) is 3.76. The van der Waals surface area contributed by atoms with Gasteiger partial charge in [-0.05, 0) is 26.2 Å². The van der Waals surface area contributed by atoms with Gasteiger partial charge in [0.2, 0.25) is 0 Å². The number of thiazole rings is 1. The second-order valence-corrected chi connectivity index (χ2v) is 5.70. The van der Waals surface area contributed by atoms with Crippen molar-refractivity contribution in [1.29, 1.82) is 0 Å². The number of aromatic nitrogens is 1. The molecule has 80 valence electrons. The van der Waals surface area contributed by atoms with Crippen LogP contribution < -0.4 is 0 Å². The van der Waals surface area contributed by atoms with Crippen molar-refractivity contribution < 1.29 is 0 Å². The van der Waals surface area contributed by atoms with E-state index < -0.39 is 0 Å². The zero-order chi connectivity index (χ0) is 10.6. The van der Waals surface area contributed by atoms with Crippen molar-refractivity contribution >= 4 is 27.3 Å². The van der Waals surface area contributed by atoms with Crippen molar-refractivity contribution in [3.05, 3.63) is 15.6 Å². The molecule has 0 amide bonds. The molecule has 0 aliphatic heterocycles. The summed E-state index contributed by atoms with van der Waals surface area (Å²) in [7, 11) is 0. The second kappa shape index (κ2) is 5.86. The van der Waals surface area contributed by atoms with Crippen molar-refractivity contribution in [2.45, 2.75) is 40.0 Å². The van der Waals surface area contributed by atoms with E-state index in [0.717, 1.165) is 17.7 Å². The molecule has 0 spiro atoms. The summed E-state index contributed by atoms with van der Waals surface area (Å²) in [5.74, 6) is 0.755. The third-order valence-corrected chi connectivity index (χ3v) is 4.46. The van der Waals surface area contributed by atoms with Crippen LogP contribution in [0.5, 0.6) is 0 Å². The number of aryl methyl sites for hydroxylation is 2. The van der Waals surface area contributed by atoms with Gasteiger partial charge >= 0.3 is 0 Å². The summed E-state index contributed by atoms with van der Waals surface area (Å²) in [4.78, 5) is 5.94. The normalized spacial score (nSPS) is 13.1. The maximum Gasteiger partial charge on any atom is 0.0933 e. The minimum absolute atomic E-state index is 0.755. The van der Waals surface area contributed by atoms with Crippen molar-refractivity contribution in [3.8, 4) is 0 Å². The highest BCUT2D eigenvalue weighted by Crippen LogP contribution is 2.22. The van der Waals surface area contributed by atoms with Crippen LogP contribution in [0.4, 0.5) is 0 Å². The van der Waals surface area contributed by atoms with E-state index in [0.29, 0.717) is 0 Å². The topological polar surface area (TPSA) is 12.9 Å².